The van der Waals surface area contributed by atoms with Gasteiger partial charge in [0.25, 0.3) is 0 Å². The van der Waals surface area contributed by atoms with Crippen molar-refractivity contribution in [1.29, 1.82) is 0 Å². The summed E-state index contributed by atoms with van der Waals surface area (Å²) in [5.41, 5.74) is 2.21. The van der Waals surface area contributed by atoms with E-state index in [1.165, 1.54) is 0 Å². The Morgan fingerprint density at radius 3 is 2.22 bits per heavy atom. The molecule has 0 atom stereocenters. The molecule has 6 heteroatoms. The van der Waals surface area contributed by atoms with E-state index in [0.29, 0.717) is 11.1 Å². The van der Waals surface area contributed by atoms with Crippen molar-refractivity contribution < 1.29 is 12.8 Å². The average Bonchev–Trinajstić information content (AvgIpc) is 2.27. The molecule has 0 saturated carbocycles. The SMILES string of the molecule is CNc1cc(C)c(S(=O)(=O)NCCCF)c(C)c1. The summed E-state index contributed by atoms with van der Waals surface area (Å²) in [6, 6.07) is 3.55. The fourth-order valence-corrected chi connectivity index (χ4v) is 3.39. The Bertz CT molecular complexity index is 492. The summed E-state index contributed by atoms with van der Waals surface area (Å²) in [6.07, 6.45) is 0.186. The van der Waals surface area contributed by atoms with E-state index in [-0.39, 0.29) is 17.9 Å². The molecule has 0 radical (unpaired) electrons. The van der Waals surface area contributed by atoms with Crippen molar-refractivity contribution in [3.8, 4) is 0 Å². The van der Waals surface area contributed by atoms with Gasteiger partial charge in [-0.1, -0.05) is 0 Å². The largest absolute Gasteiger partial charge is 0.388 e. The lowest BCUT2D eigenvalue weighted by atomic mass is 10.1. The van der Waals surface area contributed by atoms with Crippen LogP contribution in [0, 0.1) is 13.8 Å². The Balaban J connectivity index is 3.09. The smallest absolute Gasteiger partial charge is 0.241 e. The van der Waals surface area contributed by atoms with Crippen LogP contribution in [-0.4, -0.2) is 28.7 Å². The first kappa shape index (κ1) is 14.9. The average molecular weight is 274 g/mol. The van der Waals surface area contributed by atoms with Gasteiger partial charge in [0.2, 0.25) is 10.0 Å². The van der Waals surface area contributed by atoms with Crippen LogP contribution in [-0.2, 0) is 10.0 Å². The molecule has 0 spiro atoms. The quantitative estimate of drug-likeness (QED) is 0.780. The molecule has 1 aromatic carbocycles. The molecule has 0 bridgehead atoms. The lowest BCUT2D eigenvalue weighted by molar-refractivity contribution is 0.470. The number of benzene rings is 1. The second kappa shape index (κ2) is 6.15. The Hall–Kier alpha value is -1.14. The van der Waals surface area contributed by atoms with Crippen LogP contribution in [0.4, 0.5) is 10.1 Å². The van der Waals surface area contributed by atoms with Gasteiger partial charge in [-0.2, -0.15) is 0 Å². The highest BCUT2D eigenvalue weighted by Crippen LogP contribution is 2.24. The van der Waals surface area contributed by atoms with Crippen molar-refractivity contribution in [3.05, 3.63) is 23.3 Å². The fourth-order valence-electron chi connectivity index (χ4n) is 1.86. The van der Waals surface area contributed by atoms with Crippen molar-refractivity contribution >= 4 is 15.7 Å². The maximum Gasteiger partial charge on any atom is 0.241 e. The lowest BCUT2D eigenvalue weighted by Crippen LogP contribution is -2.26. The number of rotatable bonds is 6. The predicted molar refractivity (Wildman–Crippen MR) is 71.2 cm³/mol. The summed E-state index contributed by atoms with van der Waals surface area (Å²) in [5.74, 6) is 0. The summed E-state index contributed by atoms with van der Waals surface area (Å²) in [5, 5.41) is 2.97. The fraction of sp³-hybridized carbons (Fsp3) is 0.500. The summed E-state index contributed by atoms with van der Waals surface area (Å²) in [6.45, 7) is 3.08. The van der Waals surface area contributed by atoms with Crippen LogP contribution < -0.4 is 10.0 Å². The molecule has 18 heavy (non-hydrogen) atoms. The molecule has 0 aliphatic rings. The van der Waals surface area contributed by atoms with E-state index < -0.39 is 16.7 Å². The third-order valence-corrected chi connectivity index (χ3v) is 4.39. The minimum atomic E-state index is -3.56. The molecule has 0 fully saturated rings. The maximum absolute atomic E-state index is 12.1. The molecule has 0 aliphatic carbocycles. The summed E-state index contributed by atoms with van der Waals surface area (Å²) >= 11 is 0. The summed E-state index contributed by atoms with van der Waals surface area (Å²) in [4.78, 5) is 0.278. The zero-order valence-electron chi connectivity index (χ0n) is 10.9. The van der Waals surface area contributed by atoms with Gasteiger partial charge >= 0.3 is 0 Å². The number of hydrogen-bond acceptors (Lipinski definition) is 3. The monoisotopic (exact) mass is 274 g/mol. The van der Waals surface area contributed by atoms with Crippen LogP contribution in [0.1, 0.15) is 17.5 Å². The molecule has 1 rings (SSSR count). The molecule has 0 unspecified atom stereocenters. The Labute approximate surface area is 108 Å². The Kier molecular flexibility index (Phi) is 5.10. The van der Waals surface area contributed by atoms with Crippen LogP contribution in [0.2, 0.25) is 0 Å². The Morgan fingerprint density at radius 2 is 1.78 bits per heavy atom. The number of sulfonamides is 1. The van der Waals surface area contributed by atoms with Gasteiger partial charge in [0.05, 0.1) is 11.6 Å². The van der Waals surface area contributed by atoms with Crippen LogP contribution in [0.15, 0.2) is 17.0 Å². The third-order valence-electron chi connectivity index (χ3n) is 2.62. The summed E-state index contributed by atoms with van der Waals surface area (Å²) in [7, 11) is -1.78. The molecular weight excluding hydrogens is 255 g/mol. The minimum absolute atomic E-state index is 0.117. The molecule has 0 saturated heterocycles. The van der Waals surface area contributed by atoms with Crippen molar-refractivity contribution in [2.75, 3.05) is 25.6 Å². The van der Waals surface area contributed by atoms with E-state index >= 15 is 0 Å². The molecule has 0 aliphatic heterocycles. The van der Waals surface area contributed by atoms with Gasteiger partial charge in [0.15, 0.2) is 0 Å². The van der Waals surface area contributed by atoms with E-state index in [0.717, 1.165) is 5.69 Å². The molecule has 1 aromatic rings. The highest BCUT2D eigenvalue weighted by molar-refractivity contribution is 7.89. The standard InChI is InChI=1S/C12H19FN2O2S/c1-9-7-11(14-3)8-10(2)12(9)18(16,17)15-6-4-5-13/h7-8,14-15H,4-6H2,1-3H3. The number of nitrogens with one attached hydrogen (secondary N) is 2. The third kappa shape index (κ3) is 3.43. The number of halogens is 1. The number of hydrogen-bond donors (Lipinski definition) is 2. The highest BCUT2D eigenvalue weighted by atomic mass is 32.2. The van der Waals surface area contributed by atoms with Gasteiger partial charge in [-0.05, 0) is 43.5 Å². The lowest BCUT2D eigenvalue weighted by Gasteiger charge is -2.13. The number of alkyl halides is 1. The maximum atomic E-state index is 12.1. The van der Waals surface area contributed by atoms with E-state index in [4.69, 9.17) is 0 Å². The predicted octanol–water partition coefficient (Wildman–Crippen LogP) is 1.98. The highest BCUT2D eigenvalue weighted by Gasteiger charge is 2.19. The molecular formula is C12H19FN2O2S. The molecule has 102 valence electrons. The second-order valence-corrected chi connectivity index (χ2v) is 5.83. The van der Waals surface area contributed by atoms with Crippen molar-refractivity contribution in [3.63, 3.8) is 0 Å². The van der Waals surface area contributed by atoms with Gasteiger partial charge in [-0.15, -0.1) is 0 Å². The number of aryl methyl sites for hydroxylation is 2. The first-order valence-corrected chi connectivity index (χ1v) is 7.25. The first-order valence-electron chi connectivity index (χ1n) is 5.77. The van der Waals surface area contributed by atoms with Crippen molar-refractivity contribution in [2.24, 2.45) is 0 Å². The number of anilines is 1. The van der Waals surface area contributed by atoms with E-state index in [9.17, 15) is 12.8 Å². The minimum Gasteiger partial charge on any atom is -0.388 e. The van der Waals surface area contributed by atoms with Gasteiger partial charge in [-0.25, -0.2) is 13.1 Å². The van der Waals surface area contributed by atoms with Crippen LogP contribution in [0.25, 0.3) is 0 Å². The zero-order chi connectivity index (χ0) is 13.8. The van der Waals surface area contributed by atoms with Crippen LogP contribution in [0.3, 0.4) is 0 Å². The van der Waals surface area contributed by atoms with Gasteiger partial charge < -0.3 is 5.32 Å². The first-order chi connectivity index (χ1) is 8.42. The van der Waals surface area contributed by atoms with Gasteiger partial charge in [0, 0.05) is 19.3 Å². The van der Waals surface area contributed by atoms with Crippen molar-refractivity contribution in [1.82, 2.24) is 4.72 Å². The summed E-state index contributed by atoms with van der Waals surface area (Å²) < 4.78 is 38.6. The van der Waals surface area contributed by atoms with Gasteiger partial charge in [0.1, 0.15) is 0 Å². The topological polar surface area (TPSA) is 58.2 Å². The van der Waals surface area contributed by atoms with Crippen molar-refractivity contribution in [2.45, 2.75) is 25.2 Å². The van der Waals surface area contributed by atoms with Crippen LogP contribution in [0.5, 0.6) is 0 Å². The molecule has 4 nitrogen and oxygen atoms in total. The molecule has 0 heterocycles. The molecule has 2 N–H and O–H groups in total. The molecule has 0 amide bonds. The normalized spacial score (nSPS) is 11.6. The van der Waals surface area contributed by atoms with E-state index in [2.05, 4.69) is 10.0 Å². The van der Waals surface area contributed by atoms with E-state index in [1.807, 2.05) is 0 Å². The second-order valence-electron chi connectivity index (χ2n) is 4.13. The zero-order valence-corrected chi connectivity index (χ0v) is 11.7. The van der Waals surface area contributed by atoms with Crippen LogP contribution >= 0.6 is 0 Å². The Morgan fingerprint density at radius 1 is 1.22 bits per heavy atom. The molecule has 0 aromatic heterocycles. The van der Waals surface area contributed by atoms with Gasteiger partial charge in [-0.3, -0.25) is 4.39 Å². The van der Waals surface area contributed by atoms with E-state index in [1.54, 1.807) is 33.0 Å².